The van der Waals surface area contributed by atoms with Crippen LogP contribution in [0.4, 0.5) is 16.0 Å². The topological polar surface area (TPSA) is 73.5 Å². The van der Waals surface area contributed by atoms with Crippen LogP contribution in [0.25, 0.3) is 17.1 Å². The summed E-state index contributed by atoms with van der Waals surface area (Å²) in [6, 6.07) is 9.99. The molecule has 1 N–H and O–H groups in total. The minimum absolute atomic E-state index is 0.298. The molecule has 0 bridgehead atoms. The molecule has 0 spiro atoms. The third-order valence-electron chi connectivity index (χ3n) is 5.27. The zero-order valence-corrected chi connectivity index (χ0v) is 17.9. The maximum atomic E-state index is 13.4. The van der Waals surface area contributed by atoms with E-state index in [9.17, 15) is 4.39 Å². The molecule has 0 unspecified atom stereocenters. The second-order valence-corrected chi connectivity index (χ2v) is 8.25. The molecule has 0 radical (unpaired) electrons. The van der Waals surface area contributed by atoms with Crippen molar-refractivity contribution in [2.24, 2.45) is 5.92 Å². The van der Waals surface area contributed by atoms with E-state index in [1.165, 1.54) is 31.3 Å². The summed E-state index contributed by atoms with van der Waals surface area (Å²) in [5, 5.41) is 13.0. The lowest BCUT2D eigenvalue weighted by molar-refractivity contribution is 0.571. The molecule has 1 saturated carbocycles. The summed E-state index contributed by atoms with van der Waals surface area (Å²) in [5.74, 6) is 2.20. The number of halogens is 2. The molecule has 4 aromatic rings. The van der Waals surface area contributed by atoms with E-state index < -0.39 is 0 Å². The first-order valence-electron chi connectivity index (χ1n) is 10.1. The monoisotopic (exact) mass is 437 g/mol. The van der Waals surface area contributed by atoms with Crippen molar-refractivity contribution >= 4 is 23.2 Å². The van der Waals surface area contributed by atoms with Crippen LogP contribution in [0, 0.1) is 25.6 Å². The Balaban J connectivity index is 1.51. The SMILES string of the molecule is Cc1cc(C)n(-c2cc(Nc3c(Cl)c(-c4ccc(F)cc4)nn3CC3CC3)ncn2)n1. The minimum Gasteiger partial charge on any atom is -0.324 e. The van der Waals surface area contributed by atoms with Crippen molar-refractivity contribution in [3.63, 3.8) is 0 Å². The number of rotatable bonds is 6. The molecule has 0 saturated heterocycles. The molecule has 1 aliphatic carbocycles. The van der Waals surface area contributed by atoms with Gasteiger partial charge in [0.2, 0.25) is 0 Å². The number of hydrogen-bond donors (Lipinski definition) is 1. The zero-order chi connectivity index (χ0) is 21.5. The van der Waals surface area contributed by atoms with Crippen LogP contribution in [0.2, 0.25) is 5.02 Å². The Morgan fingerprint density at radius 3 is 2.55 bits per heavy atom. The van der Waals surface area contributed by atoms with Crippen molar-refractivity contribution in [3.05, 3.63) is 65.0 Å². The number of benzene rings is 1. The van der Waals surface area contributed by atoms with E-state index >= 15 is 0 Å². The first-order valence-corrected chi connectivity index (χ1v) is 10.5. The molecule has 1 aliphatic rings. The molecule has 0 aliphatic heterocycles. The van der Waals surface area contributed by atoms with Gasteiger partial charge in [0.1, 0.15) is 34.5 Å². The molecule has 1 fully saturated rings. The third kappa shape index (κ3) is 4.03. The quantitative estimate of drug-likeness (QED) is 0.455. The maximum Gasteiger partial charge on any atom is 0.159 e. The Hall–Kier alpha value is -3.26. The highest BCUT2D eigenvalue weighted by Crippen LogP contribution is 2.38. The van der Waals surface area contributed by atoms with Crippen LogP contribution in [0.1, 0.15) is 24.2 Å². The van der Waals surface area contributed by atoms with E-state index in [0.29, 0.717) is 34.1 Å². The smallest absolute Gasteiger partial charge is 0.159 e. The van der Waals surface area contributed by atoms with Gasteiger partial charge in [-0.3, -0.25) is 0 Å². The minimum atomic E-state index is -0.298. The predicted octanol–water partition coefficient (Wildman–Crippen LogP) is 5.09. The highest BCUT2D eigenvalue weighted by atomic mass is 35.5. The molecule has 1 aromatic carbocycles. The first kappa shape index (κ1) is 19.7. The van der Waals surface area contributed by atoms with Crippen molar-refractivity contribution in [2.45, 2.75) is 33.2 Å². The van der Waals surface area contributed by atoms with E-state index in [4.69, 9.17) is 16.7 Å². The van der Waals surface area contributed by atoms with E-state index in [1.807, 2.05) is 30.7 Å². The Labute approximate surface area is 183 Å². The Morgan fingerprint density at radius 2 is 1.87 bits per heavy atom. The van der Waals surface area contributed by atoms with Crippen molar-refractivity contribution in [1.29, 1.82) is 0 Å². The summed E-state index contributed by atoms with van der Waals surface area (Å²) in [6.07, 6.45) is 3.85. The van der Waals surface area contributed by atoms with Crippen molar-refractivity contribution < 1.29 is 4.39 Å². The second-order valence-electron chi connectivity index (χ2n) is 7.87. The Bertz CT molecular complexity index is 1240. The molecule has 7 nitrogen and oxygen atoms in total. The van der Waals surface area contributed by atoms with Gasteiger partial charge in [-0.25, -0.2) is 23.7 Å². The largest absolute Gasteiger partial charge is 0.324 e. The summed E-state index contributed by atoms with van der Waals surface area (Å²) in [7, 11) is 0. The highest BCUT2D eigenvalue weighted by molar-refractivity contribution is 6.35. The van der Waals surface area contributed by atoms with Crippen LogP contribution >= 0.6 is 11.6 Å². The Morgan fingerprint density at radius 1 is 1.10 bits per heavy atom. The van der Waals surface area contributed by atoms with Crippen LogP contribution in [0.5, 0.6) is 0 Å². The third-order valence-corrected chi connectivity index (χ3v) is 5.62. The fourth-order valence-electron chi connectivity index (χ4n) is 3.54. The van der Waals surface area contributed by atoms with E-state index in [1.54, 1.807) is 16.8 Å². The molecule has 9 heteroatoms. The van der Waals surface area contributed by atoms with Gasteiger partial charge in [-0.15, -0.1) is 0 Å². The number of aryl methyl sites for hydroxylation is 2. The lowest BCUT2D eigenvalue weighted by Gasteiger charge is -2.10. The molecule has 158 valence electrons. The molecular formula is C22H21ClFN7. The molecule has 3 aromatic heterocycles. The lowest BCUT2D eigenvalue weighted by Crippen LogP contribution is -2.08. The number of aromatic nitrogens is 6. The average molecular weight is 438 g/mol. The molecule has 0 atom stereocenters. The second kappa shape index (κ2) is 7.77. The van der Waals surface area contributed by atoms with Crippen LogP contribution in [0.15, 0.2) is 42.7 Å². The van der Waals surface area contributed by atoms with E-state index in [0.717, 1.165) is 23.5 Å². The average Bonchev–Trinajstić information content (AvgIpc) is 3.44. The fraction of sp³-hybridized carbons (Fsp3) is 0.273. The standard InChI is InChI=1S/C22H21ClFN7/c1-13-9-14(2)31(28-13)19-10-18(25-12-26-19)27-22-20(23)21(16-5-7-17(24)8-6-16)29-30(22)11-15-3-4-15/h5-10,12,15H,3-4,11H2,1-2H3,(H,25,26,27). The normalized spacial score (nSPS) is 13.5. The Kier molecular flexibility index (Phi) is 4.94. The summed E-state index contributed by atoms with van der Waals surface area (Å²) in [4.78, 5) is 8.70. The number of anilines is 2. The predicted molar refractivity (Wildman–Crippen MR) is 117 cm³/mol. The van der Waals surface area contributed by atoms with Gasteiger partial charge in [0.25, 0.3) is 0 Å². The summed E-state index contributed by atoms with van der Waals surface area (Å²) in [5.41, 5.74) is 3.27. The number of hydrogen-bond acceptors (Lipinski definition) is 5. The number of nitrogens with one attached hydrogen (secondary N) is 1. The van der Waals surface area contributed by atoms with E-state index in [-0.39, 0.29) is 5.82 Å². The lowest BCUT2D eigenvalue weighted by atomic mass is 10.1. The van der Waals surface area contributed by atoms with Crippen LogP contribution in [-0.4, -0.2) is 29.5 Å². The van der Waals surface area contributed by atoms with Crippen LogP contribution < -0.4 is 5.32 Å². The first-order chi connectivity index (χ1) is 15.0. The number of nitrogens with zero attached hydrogens (tertiary/aromatic N) is 6. The van der Waals surface area contributed by atoms with Crippen molar-refractivity contribution in [1.82, 2.24) is 29.5 Å². The van der Waals surface area contributed by atoms with Gasteiger partial charge >= 0.3 is 0 Å². The molecule has 5 rings (SSSR count). The molecule has 3 heterocycles. The van der Waals surface area contributed by atoms with Gasteiger partial charge in [0, 0.05) is 23.9 Å². The molecule has 0 amide bonds. The van der Waals surface area contributed by atoms with Gasteiger partial charge in [0.15, 0.2) is 5.82 Å². The molecular weight excluding hydrogens is 417 g/mol. The van der Waals surface area contributed by atoms with Crippen LogP contribution in [0.3, 0.4) is 0 Å². The van der Waals surface area contributed by atoms with Gasteiger partial charge in [-0.2, -0.15) is 10.2 Å². The van der Waals surface area contributed by atoms with Gasteiger partial charge < -0.3 is 5.32 Å². The zero-order valence-electron chi connectivity index (χ0n) is 17.2. The van der Waals surface area contributed by atoms with Crippen LogP contribution in [-0.2, 0) is 6.54 Å². The molecule has 31 heavy (non-hydrogen) atoms. The van der Waals surface area contributed by atoms with Gasteiger partial charge in [-0.1, -0.05) is 11.6 Å². The summed E-state index contributed by atoms with van der Waals surface area (Å²) < 4.78 is 17.0. The van der Waals surface area contributed by atoms with Gasteiger partial charge in [-0.05, 0) is 62.9 Å². The van der Waals surface area contributed by atoms with E-state index in [2.05, 4.69) is 20.4 Å². The summed E-state index contributed by atoms with van der Waals surface area (Å²) >= 11 is 6.74. The van der Waals surface area contributed by atoms with Crippen molar-refractivity contribution in [3.8, 4) is 17.1 Å². The summed E-state index contributed by atoms with van der Waals surface area (Å²) in [6.45, 7) is 4.68. The maximum absolute atomic E-state index is 13.4. The van der Waals surface area contributed by atoms with Gasteiger partial charge in [0.05, 0.1) is 5.69 Å². The fourth-order valence-corrected chi connectivity index (χ4v) is 3.83. The van der Waals surface area contributed by atoms with Crippen molar-refractivity contribution in [2.75, 3.05) is 5.32 Å². The highest BCUT2D eigenvalue weighted by Gasteiger charge is 2.26.